The molecule has 2 aliphatic rings. The zero-order valence-corrected chi connectivity index (χ0v) is 13.3. The van der Waals surface area contributed by atoms with Crippen LogP contribution in [0.4, 0.5) is 20.4 Å². The van der Waals surface area contributed by atoms with Gasteiger partial charge in [-0.25, -0.2) is 18.4 Å². The van der Waals surface area contributed by atoms with Crippen LogP contribution in [-0.2, 0) is 0 Å². The maximum Gasteiger partial charge on any atom is 0.280 e. The maximum absolute atomic E-state index is 13.3. The number of nitrogens with one attached hydrogen (secondary N) is 2. The number of alkyl halides is 2. The molecule has 3 heterocycles. The van der Waals surface area contributed by atoms with Gasteiger partial charge in [0.15, 0.2) is 0 Å². The number of aromatic nitrogens is 3. The first-order chi connectivity index (χ1) is 12.0. The van der Waals surface area contributed by atoms with E-state index >= 15 is 0 Å². The average molecular weight is 362 g/mol. The summed E-state index contributed by atoms with van der Waals surface area (Å²) in [6.45, 7) is 0. The highest BCUT2D eigenvalue weighted by Crippen LogP contribution is 2.34. The smallest absolute Gasteiger partial charge is 0.280 e. The number of amides is 1. The molecule has 2 aromatic rings. The van der Waals surface area contributed by atoms with Gasteiger partial charge in [0.25, 0.3) is 12.3 Å². The molecule has 0 unspecified atom stereocenters. The Bertz CT molecular complexity index is 951. The fourth-order valence-corrected chi connectivity index (χ4v) is 2.48. The number of pyridine rings is 1. The van der Waals surface area contributed by atoms with E-state index in [1.165, 1.54) is 24.5 Å². The molecular weight excluding hydrogens is 352 g/mol. The van der Waals surface area contributed by atoms with Crippen molar-refractivity contribution in [1.29, 1.82) is 0 Å². The Hall–Kier alpha value is -3.00. The van der Waals surface area contributed by atoms with E-state index in [2.05, 4.69) is 20.7 Å². The third-order valence-corrected chi connectivity index (χ3v) is 3.86. The highest BCUT2D eigenvalue weighted by atomic mass is 35.5. The van der Waals surface area contributed by atoms with Gasteiger partial charge in [0.2, 0.25) is 0 Å². The van der Waals surface area contributed by atoms with Crippen LogP contribution in [0, 0.1) is 0 Å². The number of allylic oxidation sites excluding steroid dienone is 5. The largest absolute Gasteiger partial charge is 0.339 e. The van der Waals surface area contributed by atoms with Crippen molar-refractivity contribution in [2.45, 2.75) is 6.43 Å². The summed E-state index contributed by atoms with van der Waals surface area (Å²) in [6.07, 6.45) is 4.78. The van der Waals surface area contributed by atoms with Crippen LogP contribution in [0.25, 0.3) is 5.70 Å². The first-order valence-electron chi connectivity index (χ1n) is 7.23. The maximum atomic E-state index is 13.3. The van der Waals surface area contributed by atoms with Crippen molar-refractivity contribution >= 4 is 34.8 Å². The zero-order chi connectivity index (χ0) is 17.6. The van der Waals surface area contributed by atoms with Crippen molar-refractivity contribution in [3.05, 3.63) is 64.6 Å². The molecule has 0 radical (unpaired) electrons. The zero-order valence-electron chi connectivity index (χ0n) is 12.5. The molecule has 0 atom stereocenters. The minimum absolute atomic E-state index is 0.127. The van der Waals surface area contributed by atoms with Crippen molar-refractivity contribution in [3.8, 4) is 0 Å². The fourth-order valence-electron chi connectivity index (χ4n) is 2.37. The molecule has 4 rings (SSSR count). The standard InChI is InChI=1S/C16H10ClF2N5O/c17-9-3-4-13(20-6-9)23-16(25)10-7-21-24-12(14(18)19)5-11(8-1-2-8)22-15(10)24/h1-7,14,22H,(H,20,23,25). The molecule has 126 valence electrons. The second-order valence-electron chi connectivity index (χ2n) is 5.33. The number of anilines is 2. The van der Waals surface area contributed by atoms with Gasteiger partial charge >= 0.3 is 0 Å². The summed E-state index contributed by atoms with van der Waals surface area (Å²) in [5.41, 5.74) is 1.13. The van der Waals surface area contributed by atoms with Crippen molar-refractivity contribution in [2.75, 3.05) is 10.6 Å². The molecule has 9 heteroatoms. The summed E-state index contributed by atoms with van der Waals surface area (Å²) >= 11 is 5.75. The van der Waals surface area contributed by atoms with Gasteiger partial charge in [-0.3, -0.25) is 4.79 Å². The highest BCUT2D eigenvalue weighted by Gasteiger charge is 2.29. The van der Waals surface area contributed by atoms with E-state index in [0.29, 0.717) is 10.7 Å². The highest BCUT2D eigenvalue weighted by molar-refractivity contribution is 6.30. The van der Waals surface area contributed by atoms with E-state index in [1.54, 1.807) is 18.2 Å². The molecule has 0 fully saturated rings. The van der Waals surface area contributed by atoms with Crippen LogP contribution >= 0.6 is 11.6 Å². The van der Waals surface area contributed by atoms with E-state index in [9.17, 15) is 13.6 Å². The number of hydrogen-bond donors (Lipinski definition) is 2. The van der Waals surface area contributed by atoms with E-state index in [4.69, 9.17) is 11.6 Å². The summed E-state index contributed by atoms with van der Waals surface area (Å²) < 4.78 is 27.7. The molecule has 0 saturated carbocycles. The number of carbonyl (C=O) groups excluding carboxylic acids is 1. The summed E-state index contributed by atoms with van der Waals surface area (Å²) in [7, 11) is 0. The Morgan fingerprint density at radius 2 is 2.08 bits per heavy atom. The SMILES string of the molecule is O=C(Nc1ccc(Cl)cn1)c1cnn2c1NC(=C1C=C1)C=C2C(F)F. The predicted octanol–water partition coefficient (Wildman–Crippen LogP) is 3.54. The number of nitrogens with zero attached hydrogens (tertiary/aromatic N) is 3. The lowest BCUT2D eigenvalue weighted by atomic mass is 10.2. The van der Waals surface area contributed by atoms with Gasteiger partial charge < -0.3 is 10.6 Å². The first-order valence-corrected chi connectivity index (χ1v) is 7.61. The Morgan fingerprint density at radius 1 is 1.28 bits per heavy atom. The molecule has 25 heavy (non-hydrogen) atoms. The Kier molecular flexibility index (Phi) is 3.61. The molecule has 1 amide bonds. The lowest BCUT2D eigenvalue weighted by molar-refractivity contribution is 0.102. The number of fused-ring (bicyclic) bond motifs is 1. The summed E-state index contributed by atoms with van der Waals surface area (Å²) in [5, 5.41) is 9.90. The number of hydrogen-bond acceptors (Lipinski definition) is 4. The Morgan fingerprint density at radius 3 is 2.72 bits per heavy atom. The van der Waals surface area contributed by atoms with E-state index in [1.807, 2.05) is 0 Å². The normalized spacial score (nSPS) is 15.0. The van der Waals surface area contributed by atoms with Gasteiger partial charge in [-0.2, -0.15) is 5.10 Å². The van der Waals surface area contributed by atoms with Gasteiger partial charge in [0.05, 0.1) is 11.2 Å². The van der Waals surface area contributed by atoms with Crippen LogP contribution in [0.5, 0.6) is 0 Å². The molecule has 0 bridgehead atoms. The third-order valence-electron chi connectivity index (χ3n) is 3.64. The summed E-state index contributed by atoms with van der Waals surface area (Å²) in [5.74, 6) is -0.0510. The van der Waals surface area contributed by atoms with Crippen LogP contribution in [0.1, 0.15) is 10.4 Å². The third kappa shape index (κ3) is 2.91. The van der Waals surface area contributed by atoms with Gasteiger partial charge in [-0.1, -0.05) is 23.8 Å². The molecular formula is C16H10ClF2N5O. The fraction of sp³-hybridized carbons (Fsp3) is 0.0625. The summed E-state index contributed by atoms with van der Waals surface area (Å²) in [6, 6.07) is 3.12. The average Bonchev–Trinajstić information content (AvgIpc) is 3.35. The topological polar surface area (TPSA) is 71.8 Å². The molecule has 2 aromatic heterocycles. The lowest BCUT2D eigenvalue weighted by Gasteiger charge is -2.20. The van der Waals surface area contributed by atoms with Gasteiger partial charge in [-0.05, 0) is 23.8 Å². The van der Waals surface area contributed by atoms with Crippen LogP contribution in [0.2, 0.25) is 5.02 Å². The summed E-state index contributed by atoms with van der Waals surface area (Å²) in [4.78, 5) is 16.5. The number of rotatable bonds is 3. The molecule has 2 N–H and O–H groups in total. The lowest BCUT2D eigenvalue weighted by Crippen LogP contribution is -2.20. The van der Waals surface area contributed by atoms with E-state index in [-0.39, 0.29) is 22.9 Å². The van der Waals surface area contributed by atoms with Gasteiger partial charge in [0.1, 0.15) is 22.9 Å². The minimum atomic E-state index is -2.73. The molecule has 0 spiro atoms. The second kappa shape index (κ2) is 5.82. The van der Waals surface area contributed by atoms with Crippen molar-refractivity contribution in [2.24, 2.45) is 0 Å². The molecule has 6 nitrogen and oxygen atoms in total. The molecule has 0 aromatic carbocycles. The second-order valence-corrected chi connectivity index (χ2v) is 5.77. The molecule has 1 aliphatic heterocycles. The van der Waals surface area contributed by atoms with Crippen molar-refractivity contribution < 1.29 is 13.6 Å². The monoisotopic (exact) mass is 361 g/mol. The predicted molar refractivity (Wildman–Crippen MR) is 89.5 cm³/mol. The molecule has 0 saturated heterocycles. The Balaban J connectivity index is 1.67. The molecule has 1 aliphatic carbocycles. The van der Waals surface area contributed by atoms with Crippen molar-refractivity contribution in [1.82, 2.24) is 14.8 Å². The van der Waals surface area contributed by atoms with Gasteiger partial charge in [0, 0.05) is 11.9 Å². The number of carbonyl (C=O) groups is 1. The van der Waals surface area contributed by atoms with Crippen LogP contribution < -0.4 is 10.6 Å². The first kappa shape index (κ1) is 15.5. The Labute approximate surface area is 145 Å². The van der Waals surface area contributed by atoms with Crippen LogP contribution in [0.3, 0.4) is 0 Å². The van der Waals surface area contributed by atoms with Crippen molar-refractivity contribution in [3.63, 3.8) is 0 Å². The van der Waals surface area contributed by atoms with E-state index in [0.717, 1.165) is 10.3 Å². The van der Waals surface area contributed by atoms with E-state index < -0.39 is 12.3 Å². The quantitative estimate of drug-likeness (QED) is 0.877. The van der Waals surface area contributed by atoms with Crippen LogP contribution in [0.15, 0.2) is 54.0 Å². The van der Waals surface area contributed by atoms with Crippen LogP contribution in [-0.4, -0.2) is 27.1 Å². The van der Waals surface area contributed by atoms with Gasteiger partial charge in [-0.15, -0.1) is 0 Å². The minimum Gasteiger partial charge on any atom is -0.339 e. The number of halogens is 3.